The number of H-pyrrole nitrogens is 1. The second-order valence-corrected chi connectivity index (χ2v) is 28.8. The minimum Gasteiger partial charge on any atom is -0.494 e. The van der Waals surface area contributed by atoms with E-state index in [-0.39, 0.29) is 35.3 Å². The Kier molecular flexibility index (Phi) is 20.3. The minimum absolute atomic E-state index is 0.0485. The zero-order valence-corrected chi connectivity index (χ0v) is 50.1. The topological polar surface area (TPSA) is 267 Å². The lowest BCUT2D eigenvalue weighted by atomic mass is 10.0. The number of carbonyl (C=O) groups excluding carboxylic acids is 2. The second kappa shape index (κ2) is 28.0. The monoisotopic (exact) mass is 1220 g/mol. The predicted octanol–water partition coefficient (Wildman–Crippen LogP) is 11.3. The van der Waals surface area contributed by atoms with Gasteiger partial charge in [-0.3, -0.25) is 46.6 Å². The summed E-state index contributed by atoms with van der Waals surface area (Å²) in [7, 11) is 1.37. The largest absolute Gasteiger partial charge is 0.494 e. The Balaban J connectivity index is 0.891. The molecule has 10 rings (SSSR count). The molecule has 9 atom stereocenters. The molecule has 3 aliphatic rings. The van der Waals surface area contributed by atoms with E-state index in [0.717, 1.165) is 51.8 Å². The van der Waals surface area contributed by atoms with Gasteiger partial charge in [-0.2, -0.15) is 0 Å². The highest BCUT2D eigenvalue weighted by atomic mass is 32.7. The van der Waals surface area contributed by atoms with E-state index in [1.165, 1.54) is 64.5 Å². The Morgan fingerprint density at radius 2 is 1.26 bits per heavy atom. The van der Waals surface area contributed by atoms with E-state index in [1.54, 1.807) is 89.5 Å². The maximum absolute atomic E-state index is 15.6. The van der Waals surface area contributed by atoms with Crippen molar-refractivity contribution in [2.24, 2.45) is 0 Å². The molecular formula is C59H67N7O14P2S2. The zero-order valence-electron chi connectivity index (χ0n) is 46.7. The van der Waals surface area contributed by atoms with Gasteiger partial charge in [0, 0.05) is 59.6 Å². The number of ketones is 2. The van der Waals surface area contributed by atoms with Crippen LogP contribution in [0.25, 0.3) is 11.2 Å². The Morgan fingerprint density at radius 1 is 0.690 bits per heavy atom. The lowest BCUT2D eigenvalue weighted by molar-refractivity contribution is -0.0601. The van der Waals surface area contributed by atoms with Crippen LogP contribution < -0.4 is 21.7 Å². The second-order valence-electron chi connectivity index (χ2n) is 20.7. The number of nitrogens with zero attached hydrogens (tertiary/aromatic N) is 5. The number of aromatic amines is 1. The lowest BCUT2D eigenvalue weighted by Crippen LogP contribution is -2.39. The average molecular weight is 1220 g/mol. The molecule has 3 N–H and O–H groups in total. The number of hydrogen-bond acceptors (Lipinski definition) is 20. The van der Waals surface area contributed by atoms with Crippen LogP contribution in [0, 0.1) is 6.92 Å². The predicted molar refractivity (Wildman–Crippen MR) is 319 cm³/mol. The number of methoxy groups -OCH3 is 1. The molecule has 3 saturated heterocycles. The van der Waals surface area contributed by atoms with Crippen molar-refractivity contribution >= 4 is 64.9 Å². The summed E-state index contributed by atoms with van der Waals surface area (Å²) < 4.78 is 84.8. The van der Waals surface area contributed by atoms with Crippen molar-refractivity contribution in [1.29, 1.82) is 0 Å². The highest BCUT2D eigenvalue weighted by molar-refractivity contribution is 8.55. The van der Waals surface area contributed by atoms with E-state index in [9.17, 15) is 19.2 Å². The first-order valence-electron chi connectivity index (χ1n) is 28.0. The fraction of sp³-hybridized carbons (Fsp3) is 0.407. The van der Waals surface area contributed by atoms with Gasteiger partial charge in [0.25, 0.3) is 5.56 Å². The third kappa shape index (κ3) is 14.9. The zero-order chi connectivity index (χ0) is 58.8. The van der Waals surface area contributed by atoms with Crippen molar-refractivity contribution in [1.82, 2.24) is 29.1 Å². The fourth-order valence-electron chi connectivity index (χ4n) is 10.1. The minimum atomic E-state index is -4.45. The smallest absolute Gasteiger partial charge is 0.390 e. The van der Waals surface area contributed by atoms with Crippen LogP contribution in [0.2, 0.25) is 0 Å². The molecule has 0 saturated carbocycles. The SMILES string of the molecule is CCCCCCCCCCOc1ccc(C(=O)c2ccc(CSP3(=O)OC[C@H]4O[C@@H](n5ccc(=O)[nH]c5=O)[C@H](OP(=O)(SCc5ccc(C(=O)c6ccc(C)cc6)cc5)OC[C@H]5O[C@@H](n6cnc7c(N)ncnc76)C[C@@H]5O3)[C@@H]4OC)cc2)cc1. The van der Waals surface area contributed by atoms with Crippen LogP contribution in [0.4, 0.5) is 5.82 Å². The third-order valence-corrected chi connectivity index (χ3v) is 22.1. The van der Waals surface area contributed by atoms with Gasteiger partial charge in [-0.05, 0) is 71.5 Å². The molecule has 3 aromatic heterocycles. The summed E-state index contributed by atoms with van der Waals surface area (Å²) in [5.41, 5.74) is 9.62. The van der Waals surface area contributed by atoms with Crippen LogP contribution in [0.1, 0.15) is 126 Å². The molecule has 0 radical (unpaired) electrons. The molecule has 7 aromatic rings. The van der Waals surface area contributed by atoms with Gasteiger partial charge in [0.15, 0.2) is 29.3 Å². The summed E-state index contributed by atoms with van der Waals surface area (Å²) in [5.74, 6) is 0.641. The molecule has 0 aliphatic carbocycles. The van der Waals surface area contributed by atoms with Gasteiger partial charge in [0.1, 0.15) is 54.3 Å². The number of imidazole rings is 1. The number of benzene rings is 4. The number of carbonyl (C=O) groups is 2. The van der Waals surface area contributed by atoms with Crippen molar-refractivity contribution < 1.29 is 55.8 Å². The van der Waals surface area contributed by atoms with Crippen molar-refractivity contribution in [3.05, 3.63) is 182 Å². The van der Waals surface area contributed by atoms with Crippen LogP contribution in [0.15, 0.2) is 132 Å². The van der Waals surface area contributed by atoms with Gasteiger partial charge < -0.3 is 24.7 Å². The Bertz CT molecular complexity index is 3610. The standard InChI is InChI=1S/C59H67N7O14P2S2/c1-4-5-6-7-8-9-10-11-30-74-45-26-24-44(25-27-45)53(69)43-22-14-39(15-23-43)34-83-81(71)76-33-48-54(73-3)55(58(78-48)65-29-28-49(67)64-59(65)70)80-82(72,84-35-40-16-20-42(21-17-40)52(68)41-18-12-38(2)13-19-41)75-32-47-46(79-81)31-50(77-47)66-37-63-51-56(60)61-36-62-57(51)66/h12-29,36-37,46-48,50,54-55,58H,4-11,30-35H2,1-3H3,(H2,60,61,62)(H,64,67,70)/t46-,47+,48+,50+,54+,55+,58+,81?,82?/m0/s1. The summed E-state index contributed by atoms with van der Waals surface area (Å²) in [4.78, 5) is 67.9. The van der Waals surface area contributed by atoms with E-state index in [2.05, 4.69) is 26.9 Å². The number of anilines is 1. The molecule has 6 heterocycles. The number of fused-ring (bicyclic) bond motifs is 4. The van der Waals surface area contributed by atoms with E-state index in [1.807, 2.05) is 19.1 Å². The van der Waals surface area contributed by atoms with Gasteiger partial charge >= 0.3 is 19.3 Å². The summed E-state index contributed by atoms with van der Waals surface area (Å²) in [5, 5.41) is 0. The van der Waals surface area contributed by atoms with Crippen LogP contribution in [-0.4, -0.2) is 98.1 Å². The molecule has 0 spiro atoms. The van der Waals surface area contributed by atoms with Crippen molar-refractivity contribution in [3.63, 3.8) is 0 Å². The molecule has 444 valence electrons. The number of hydrogen-bond donors (Lipinski definition) is 2. The van der Waals surface area contributed by atoms with Gasteiger partial charge in [-0.15, -0.1) is 0 Å². The number of unbranched alkanes of at least 4 members (excludes halogenated alkanes) is 7. The molecule has 25 heteroatoms. The van der Waals surface area contributed by atoms with Gasteiger partial charge in [-0.25, -0.2) is 28.9 Å². The van der Waals surface area contributed by atoms with Crippen LogP contribution in [0.3, 0.4) is 0 Å². The molecule has 21 nitrogen and oxygen atoms in total. The van der Waals surface area contributed by atoms with Crippen LogP contribution >= 0.6 is 36.4 Å². The summed E-state index contributed by atoms with van der Waals surface area (Å²) in [6.07, 6.45) is 5.65. The highest BCUT2D eigenvalue weighted by Gasteiger charge is 2.53. The molecule has 84 heavy (non-hydrogen) atoms. The molecule has 4 aromatic carbocycles. The van der Waals surface area contributed by atoms with Gasteiger partial charge in [-0.1, -0.05) is 130 Å². The van der Waals surface area contributed by atoms with E-state index in [0.29, 0.717) is 56.9 Å². The number of nitrogens with one attached hydrogen (secondary N) is 1. The first-order valence-corrected chi connectivity index (χ1v) is 34.3. The molecule has 3 fully saturated rings. The Morgan fingerprint density at radius 3 is 1.87 bits per heavy atom. The van der Waals surface area contributed by atoms with E-state index >= 15 is 9.13 Å². The number of nitrogen functional groups attached to an aromatic ring is 1. The number of aromatic nitrogens is 6. The fourth-order valence-corrected chi connectivity index (χ4v) is 16.9. The van der Waals surface area contributed by atoms with Crippen molar-refractivity contribution in [2.45, 2.75) is 126 Å². The van der Waals surface area contributed by atoms with Crippen molar-refractivity contribution in [3.8, 4) is 5.75 Å². The van der Waals surface area contributed by atoms with E-state index in [4.69, 9.17) is 42.8 Å². The average Bonchev–Trinajstić information content (AvgIpc) is 3.52. The van der Waals surface area contributed by atoms with Crippen LogP contribution in [-0.2, 0) is 52.9 Å². The Labute approximate surface area is 493 Å². The third-order valence-electron chi connectivity index (χ3n) is 14.8. The summed E-state index contributed by atoms with van der Waals surface area (Å²) in [6.45, 7) is -4.91. The number of ether oxygens (including phenoxy) is 4. The molecule has 2 unspecified atom stereocenters. The highest BCUT2D eigenvalue weighted by Crippen LogP contribution is 2.67. The van der Waals surface area contributed by atoms with Gasteiger partial charge in [0.2, 0.25) is 0 Å². The Hall–Kier alpha value is -6.07. The molecular weight excluding hydrogens is 1160 g/mol. The first kappa shape index (κ1) is 61.0. The number of rotatable bonds is 23. The lowest BCUT2D eigenvalue weighted by Gasteiger charge is -2.29. The molecule has 0 amide bonds. The first-order chi connectivity index (χ1) is 40.7. The number of aryl methyl sites for hydroxylation is 1. The summed E-state index contributed by atoms with van der Waals surface area (Å²) in [6, 6.07) is 29.3. The maximum atomic E-state index is 15.6. The van der Waals surface area contributed by atoms with Crippen molar-refractivity contribution in [2.75, 3.05) is 32.7 Å². The van der Waals surface area contributed by atoms with Crippen LogP contribution in [0.5, 0.6) is 5.75 Å². The number of nitrogens with two attached hydrogens (primary N) is 1. The maximum Gasteiger partial charge on any atom is 0.390 e. The van der Waals surface area contributed by atoms with E-state index < -0.39 is 81.0 Å². The van der Waals surface area contributed by atoms with Gasteiger partial charge in [0.05, 0.1) is 26.1 Å². The molecule has 3 aliphatic heterocycles. The normalized spacial score (nSPS) is 24.4. The quantitative estimate of drug-likeness (QED) is 0.0342. The summed E-state index contributed by atoms with van der Waals surface area (Å²) >= 11 is 1.72. The molecule has 2 bridgehead atoms.